The Balaban J connectivity index is 2.72. The fourth-order valence-corrected chi connectivity index (χ4v) is 2.35. The number of benzene rings is 1. The Morgan fingerprint density at radius 1 is 1.24 bits per heavy atom. The third-order valence-corrected chi connectivity index (χ3v) is 3.83. The molecule has 1 atom stereocenters. The van der Waals surface area contributed by atoms with Crippen LogP contribution >= 0.6 is 0 Å². The minimum absolute atomic E-state index is 0.118. The Hall–Kier alpha value is -2.14. The molecule has 1 aromatic rings. The summed E-state index contributed by atoms with van der Waals surface area (Å²) in [6.45, 7) is 7.83. The molecule has 0 aromatic heterocycles. The highest BCUT2D eigenvalue weighted by Gasteiger charge is 2.20. The monoisotopic (exact) mass is 347 g/mol. The summed E-state index contributed by atoms with van der Waals surface area (Å²) in [4.78, 5) is 25.9. The highest BCUT2D eigenvalue weighted by molar-refractivity contribution is 5.92. The molecule has 0 aliphatic carbocycles. The maximum atomic E-state index is 12.5. The molecule has 5 heteroatoms. The zero-order valence-corrected chi connectivity index (χ0v) is 15.7. The Bertz CT molecular complexity index is 566. The van der Waals surface area contributed by atoms with E-state index >= 15 is 0 Å². The van der Waals surface area contributed by atoms with Crippen LogP contribution < -0.4 is 0 Å². The summed E-state index contributed by atoms with van der Waals surface area (Å²) in [7, 11) is 1.36. The van der Waals surface area contributed by atoms with Gasteiger partial charge in [0.15, 0.2) is 0 Å². The van der Waals surface area contributed by atoms with Gasteiger partial charge >= 0.3 is 5.97 Å². The van der Waals surface area contributed by atoms with Crippen molar-refractivity contribution in [3.63, 3.8) is 0 Å². The zero-order valence-electron chi connectivity index (χ0n) is 15.7. The van der Waals surface area contributed by atoms with E-state index in [1.54, 1.807) is 24.0 Å². The van der Waals surface area contributed by atoms with E-state index in [0.29, 0.717) is 26.3 Å². The van der Waals surface area contributed by atoms with Gasteiger partial charge in [-0.3, -0.25) is 9.59 Å². The largest absolute Gasteiger partial charge is 0.469 e. The van der Waals surface area contributed by atoms with Crippen LogP contribution in [0.15, 0.2) is 30.3 Å². The highest BCUT2D eigenvalue weighted by atomic mass is 16.5. The summed E-state index contributed by atoms with van der Waals surface area (Å²) in [5.41, 5.74) is 2.14. The third-order valence-electron chi connectivity index (χ3n) is 3.83. The topological polar surface area (TPSA) is 55.8 Å². The fraction of sp³-hybridized carbons (Fsp3) is 0.500. The molecule has 1 rings (SSSR count). The SMILES string of the molecule is CCOCCCN(CC(C)C(=O)OC)C(=O)/C=C/c1ccc(C)cc1. The maximum Gasteiger partial charge on any atom is 0.310 e. The fourth-order valence-electron chi connectivity index (χ4n) is 2.35. The van der Waals surface area contributed by atoms with Crippen molar-refractivity contribution in [3.05, 3.63) is 41.5 Å². The molecular formula is C20H29NO4. The number of nitrogens with zero attached hydrogens (tertiary/aromatic N) is 1. The Morgan fingerprint density at radius 2 is 1.92 bits per heavy atom. The average Bonchev–Trinajstić information content (AvgIpc) is 2.62. The standard InChI is InChI=1S/C20H29NO4/c1-5-25-14-6-13-21(15-17(3)20(23)24-4)19(22)12-11-18-9-7-16(2)8-10-18/h7-12,17H,5-6,13-15H2,1-4H3/b12-11+. The number of ether oxygens (including phenoxy) is 2. The number of aryl methyl sites for hydroxylation is 1. The van der Waals surface area contributed by atoms with E-state index in [1.807, 2.05) is 38.1 Å². The maximum absolute atomic E-state index is 12.5. The van der Waals surface area contributed by atoms with E-state index in [0.717, 1.165) is 12.0 Å². The van der Waals surface area contributed by atoms with Gasteiger partial charge in [0.05, 0.1) is 13.0 Å². The van der Waals surface area contributed by atoms with Crippen molar-refractivity contribution >= 4 is 18.0 Å². The first-order valence-corrected chi connectivity index (χ1v) is 8.67. The number of hydrogen-bond donors (Lipinski definition) is 0. The molecule has 1 aromatic carbocycles. The highest BCUT2D eigenvalue weighted by Crippen LogP contribution is 2.08. The summed E-state index contributed by atoms with van der Waals surface area (Å²) in [6, 6.07) is 7.94. The van der Waals surface area contributed by atoms with Gasteiger partial charge in [0.25, 0.3) is 0 Å². The lowest BCUT2D eigenvalue weighted by Crippen LogP contribution is -2.37. The number of amides is 1. The lowest BCUT2D eigenvalue weighted by Gasteiger charge is -2.24. The van der Waals surface area contributed by atoms with Crippen molar-refractivity contribution < 1.29 is 19.1 Å². The number of rotatable bonds is 10. The van der Waals surface area contributed by atoms with E-state index in [4.69, 9.17) is 9.47 Å². The van der Waals surface area contributed by atoms with Gasteiger partial charge in [0.1, 0.15) is 0 Å². The van der Waals surface area contributed by atoms with Gasteiger partial charge < -0.3 is 14.4 Å². The van der Waals surface area contributed by atoms with Gasteiger partial charge in [-0.1, -0.05) is 36.8 Å². The molecule has 0 saturated heterocycles. The van der Waals surface area contributed by atoms with Crippen LogP contribution in [-0.2, 0) is 19.1 Å². The summed E-state index contributed by atoms with van der Waals surface area (Å²) < 4.78 is 10.1. The average molecular weight is 347 g/mol. The van der Waals surface area contributed by atoms with E-state index in [2.05, 4.69) is 0 Å². The van der Waals surface area contributed by atoms with E-state index in [-0.39, 0.29) is 17.8 Å². The molecule has 138 valence electrons. The molecule has 0 radical (unpaired) electrons. The van der Waals surface area contributed by atoms with Crippen molar-refractivity contribution in [1.29, 1.82) is 0 Å². The Labute approximate surface area is 150 Å². The normalized spacial score (nSPS) is 12.2. The molecule has 0 aliphatic heterocycles. The van der Waals surface area contributed by atoms with Gasteiger partial charge in [-0.2, -0.15) is 0 Å². The molecule has 0 saturated carbocycles. The van der Waals surface area contributed by atoms with Crippen molar-refractivity contribution in [2.45, 2.75) is 27.2 Å². The van der Waals surface area contributed by atoms with Gasteiger partial charge in [-0.05, 0) is 31.9 Å². The van der Waals surface area contributed by atoms with Crippen LogP contribution in [0, 0.1) is 12.8 Å². The van der Waals surface area contributed by atoms with Gasteiger partial charge in [-0.25, -0.2) is 0 Å². The van der Waals surface area contributed by atoms with Crippen LogP contribution in [0.5, 0.6) is 0 Å². The molecule has 1 amide bonds. The quantitative estimate of drug-likeness (QED) is 0.371. The second-order valence-corrected chi connectivity index (χ2v) is 6.00. The smallest absolute Gasteiger partial charge is 0.310 e. The van der Waals surface area contributed by atoms with Crippen LogP contribution in [0.4, 0.5) is 0 Å². The number of methoxy groups -OCH3 is 1. The van der Waals surface area contributed by atoms with E-state index in [9.17, 15) is 9.59 Å². The van der Waals surface area contributed by atoms with Crippen LogP contribution in [0.1, 0.15) is 31.4 Å². The molecule has 0 bridgehead atoms. The van der Waals surface area contributed by atoms with Crippen molar-refractivity contribution in [1.82, 2.24) is 4.90 Å². The second-order valence-electron chi connectivity index (χ2n) is 6.00. The lowest BCUT2D eigenvalue weighted by molar-refractivity contribution is -0.146. The van der Waals surface area contributed by atoms with E-state index in [1.165, 1.54) is 12.7 Å². The first-order chi connectivity index (χ1) is 12.0. The van der Waals surface area contributed by atoms with Gasteiger partial charge in [-0.15, -0.1) is 0 Å². The van der Waals surface area contributed by atoms with Gasteiger partial charge in [0.2, 0.25) is 5.91 Å². The summed E-state index contributed by atoms with van der Waals surface area (Å²) >= 11 is 0. The molecule has 0 heterocycles. The first kappa shape index (κ1) is 20.9. The van der Waals surface area contributed by atoms with Crippen molar-refractivity contribution in [3.8, 4) is 0 Å². The summed E-state index contributed by atoms with van der Waals surface area (Å²) in [5.74, 6) is -0.799. The van der Waals surface area contributed by atoms with Crippen LogP contribution in [0.25, 0.3) is 6.08 Å². The molecule has 1 unspecified atom stereocenters. The summed E-state index contributed by atoms with van der Waals surface area (Å²) in [6.07, 6.45) is 4.07. The van der Waals surface area contributed by atoms with Crippen molar-refractivity contribution in [2.75, 3.05) is 33.4 Å². The predicted molar refractivity (Wildman–Crippen MR) is 99.1 cm³/mol. The van der Waals surface area contributed by atoms with Crippen LogP contribution in [0.3, 0.4) is 0 Å². The lowest BCUT2D eigenvalue weighted by atomic mass is 10.1. The predicted octanol–water partition coefficient (Wildman–Crippen LogP) is 3.07. The molecule has 5 nitrogen and oxygen atoms in total. The first-order valence-electron chi connectivity index (χ1n) is 8.67. The van der Waals surface area contributed by atoms with Crippen LogP contribution in [-0.4, -0.2) is 50.2 Å². The number of carbonyl (C=O) groups excluding carboxylic acids is 2. The Kier molecular flexibility index (Phi) is 9.55. The number of esters is 1. The molecule has 0 aliphatic rings. The van der Waals surface area contributed by atoms with Crippen LogP contribution in [0.2, 0.25) is 0 Å². The second kappa shape index (κ2) is 11.4. The number of hydrogen-bond acceptors (Lipinski definition) is 4. The molecule has 25 heavy (non-hydrogen) atoms. The molecule has 0 N–H and O–H groups in total. The summed E-state index contributed by atoms with van der Waals surface area (Å²) in [5, 5.41) is 0. The van der Waals surface area contributed by atoms with E-state index < -0.39 is 0 Å². The minimum Gasteiger partial charge on any atom is -0.469 e. The Morgan fingerprint density at radius 3 is 2.52 bits per heavy atom. The minimum atomic E-state index is -0.367. The molecule has 0 fully saturated rings. The molecular weight excluding hydrogens is 318 g/mol. The molecule has 0 spiro atoms. The van der Waals surface area contributed by atoms with Crippen molar-refractivity contribution in [2.24, 2.45) is 5.92 Å². The number of carbonyl (C=O) groups is 2. The zero-order chi connectivity index (χ0) is 18.7. The third kappa shape index (κ3) is 7.98. The van der Waals surface area contributed by atoms with Gasteiger partial charge in [0, 0.05) is 32.4 Å².